The first-order valence-electron chi connectivity index (χ1n) is 9.49. The van der Waals surface area contributed by atoms with Gasteiger partial charge < -0.3 is 15.2 Å². The molecular formula is C21H23N5O2. The molecular weight excluding hydrogens is 354 g/mol. The summed E-state index contributed by atoms with van der Waals surface area (Å²) in [5, 5.41) is 4.18. The van der Waals surface area contributed by atoms with Crippen LogP contribution in [0.2, 0.25) is 0 Å². The number of ketones is 1. The number of nitrogens with one attached hydrogen (secondary N) is 2. The number of benzene rings is 1. The second-order valence-electron chi connectivity index (χ2n) is 7.22. The van der Waals surface area contributed by atoms with Crippen molar-refractivity contribution >= 4 is 28.5 Å². The number of fused-ring (bicyclic) bond motifs is 1. The predicted molar refractivity (Wildman–Crippen MR) is 107 cm³/mol. The fraction of sp³-hybridized carbons (Fsp3) is 0.333. The van der Waals surface area contributed by atoms with E-state index in [1.54, 1.807) is 13.1 Å². The normalized spacial score (nSPS) is 15.0. The number of anilines is 1. The molecule has 1 fully saturated rings. The number of aromatic amines is 1. The van der Waals surface area contributed by atoms with Gasteiger partial charge in [-0.05, 0) is 25.3 Å². The zero-order valence-corrected chi connectivity index (χ0v) is 16.0. The van der Waals surface area contributed by atoms with E-state index in [0.717, 1.165) is 31.5 Å². The van der Waals surface area contributed by atoms with E-state index < -0.39 is 0 Å². The smallest absolute Gasteiger partial charge is 0.219 e. The number of H-pyrrole nitrogens is 1. The monoisotopic (exact) mass is 377 g/mol. The summed E-state index contributed by atoms with van der Waals surface area (Å²) in [7, 11) is 0. The number of amides is 1. The molecule has 0 aliphatic carbocycles. The Kier molecular flexibility index (Phi) is 4.81. The van der Waals surface area contributed by atoms with Gasteiger partial charge in [0.2, 0.25) is 5.91 Å². The zero-order chi connectivity index (χ0) is 19.7. The van der Waals surface area contributed by atoms with E-state index in [4.69, 9.17) is 0 Å². The van der Waals surface area contributed by atoms with Crippen LogP contribution >= 0.6 is 0 Å². The highest BCUT2D eigenvalue weighted by Gasteiger charge is 2.24. The summed E-state index contributed by atoms with van der Waals surface area (Å²) in [5.74, 6) is 0.720. The maximum Gasteiger partial charge on any atom is 0.219 e. The van der Waals surface area contributed by atoms with Crippen LogP contribution in [0.3, 0.4) is 0 Å². The Morgan fingerprint density at radius 2 is 1.89 bits per heavy atom. The Bertz CT molecular complexity index is 1030. The van der Waals surface area contributed by atoms with Crippen LogP contribution in [-0.2, 0) is 4.79 Å². The van der Waals surface area contributed by atoms with Crippen molar-refractivity contribution in [2.75, 3.05) is 18.4 Å². The van der Waals surface area contributed by atoms with Gasteiger partial charge in [0.1, 0.15) is 17.8 Å². The molecule has 3 aromatic rings. The van der Waals surface area contributed by atoms with Gasteiger partial charge in [-0.15, -0.1) is 0 Å². The van der Waals surface area contributed by atoms with Crippen LogP contribution in [0, 0.1) is 6.92 Å². The molecule has 144 valence electrons. The van der Waals surface area contributed by atoms with E-state index in [1.165, 1.54) is 6.33 Å². The van der Waals surface area contributed by atoms with Crippen LogP contribution in [0.15, 0.2) is 36.8 Å². The molecule has 1 aromatic carbocycles. The van der Waals surface area contributed by atoms with Gasteiger partial charge in [-0.3, -0.25) is 9.59 Å². The minimum Gasteiger partial charge on any atom is -0.367 e. The molecule has 3 heterocycles. The second kappa shape index (κ2) is 7.42. The van der Waals surface area contributed by atoms with Crippen molar-refractivity contribution in [3.8, 4) is 0 Å². The average molecular weight is 377 g/mol. The average Bonchev–Trinajstić information content (AvgIpc) is 3.13. The molecule has 0 radical (unpaired) electrons. The van der Waals surface area contributed by atoms with E-state index >= 15 is 0 Å². The first kappa shape index (κ1) is 18.2. The van der Waals surface area contributed by atoms with Gasteiger partial charge in [-0.1, -0.05) is 24.3 Å². The van der Waals surface area contributed by atoms with E-state index in [1.807, 2.05) is 36.1 Å². The number of rotatable bonds is 4. The molecule has 2 aromatic heterocycles. The zero-order valence-electron chi connectivity index (χ0n) is 16.0. The van der Waals surface area contributed by atoms with Crippen LogP contribution in [0.1, 0.15) is 41.3 Å². The van der Waals surface area contributed by atoms with Gasteiger partial charge in [0.05, 0.1) is 10.9 Å². The number of likely N-dealkylation sites (tertiary alicyclic amines) is 1. The number of aromatic nitrogens is 3. The third-order valence-corrected chi connectivity index (χ3v) is 5.39. The largest absolute Gasteiger partial charge is 0.367 e. The molecule has 7 nitrogen and oxygen atoms in total. The molecule has 0 bridgehead atoms. The van der Waals surface area contributed by atoms with Crippen LogP contribution in [0.25, 0.3) is 11.0 Å². The molecule has 1 saturated heterocycles. The lowest BCUT2D eigenvalue weighted by atomic mass is 9.99. The van der Waals surface area contributed by atoms with Crippen molar-refractivity contribution in [2.45, 2.75) is 32.7 Å². The van der Waals surface area contributed by atoms with Crippen molar-refractivity contribution < 1.29 is 9.59 Å². The fourth-order valence-corrected chi connectivity index (χ4v) is 3.76. The number of hydrogen-bond acceptors (Lipinski definition) is 5. The number of piperidine rings is 1. The maximum atomic E-state index is 13.2. The molecule has 0 unspecified atom stereocenters. The highest BCUT2D eigenvalue weighted by Crippen LogP contribution is 2.28. The first-order valence-corrected chi connectivity index (χ1v) is 9.49. The van der Waals surface area contributed by atoms with Crippen molar-refractivity contribution in [3.63, 3.8) is 0 Å². The van der Waals surface area contributed by atoms with Gasteiger partial charge in [0.15, 0.2) is 5.78 Å². The van der Waals surface area contributed by atoms with Crippen molar-refractivity contribution in [1.82, 2.24) is 19.9 Å². The number of carbonyl (C=O) groups is 2. The first-order chi connectivity index (χ1) is 13.5. The van der Waals surface area contributed by atoms with Crippen molar-refractivity contribution in [1.29, 1.82) is 0 Å². The lowest BCUT2D eigenvalue weighted by Crippen LogP contribution is -2.41. The molecule has 0 saturated carbocycles. The Balaban J connectivity index is 1.64. The highest BCUT2D eigenvalue weighted by molar-refractivity contribution is 6.18. The van der Waals surface area contributed by atoms with Crippen LogP contribution < -0.4 is 5.32 Å². The van der Waals surface area contributed by atoms with E-state index in [0.29, 0.717) is 28.0 Å². The summed E-state index contributed by atoms with van der Waals surface area (Å²) in [6.45, 7) is 4.98. The maximum absolute atomic E-state index is 13.2. The van der Waals surface area contributed by atoms with Crippen molar-refractivity contribution in [2.24, 2.45) is 0 Å². The summed E-state index contributed by atoms with van der Waals surface area (Å²) in [4.78, 5) is 38.3. The number of aryl methyl sites for hydroxylation is 1. The Morgan fingerprint density at radius 1 is 1.14 bits per heavy atom. The van der Waals surface area contributed by atoms with E-state index in [9.17, 15) is 9.59 Å². The minimum atomic E-state index is -0.0476. The molecule has 1 amide bonds. The number of hydrogen-bond donors (Lipinski definition) is 2. The van der Waals surface area contributed by atoms with Crippen LogP contribution in [0.4, 0.5) is 5.82 Å². The van der Waals surface area contributed by atoms with Gasteiger partial charge >= 0.3 is 0 Å². The molecule has 0 atom stereocenters. The topological polar surface area (TPSA) is 91.0 Å². The molecule has 4 rings (SSSR count). The SMILES string of the molecule is CC(=O)N1CCC(Nc2ncnc3[nH]cc(C(=O)c4ccccc4C)c23)CC1. The number of nitrogens with zero attached hydrogens (tertiary/aromatic N) is 3. The minimum absolute atomic E-state index is 0.0476. The highest BCUT2D eigenvalue weighted by atomic mass is 16.2. The van der Waals surface area contributed by atoms with Gasteiger partial charge in [-0.2, -0.15) is 0 Å². The quantitative estimate of drug-likeness (QED) is 0.682. The summed E-state index contributed by atoms with van der Waals surface area (Å²) in [6.07, 6.45) is 4.89. The van der Waals surface area contributed by atoms with Crippen LogP contribution in [0.5, 0.6) is 0 Å². The molecule has 7 heteroatoms. The Hall–Kier alpha value is -3.22. The summed E-state index contributed by atoms with van der Waals surface area (Å²) >= 11 is 0. The Labute approximate surface area is 163 Å². The lowest BCUT2D eigenvalue weighted by Gasteiger charge is -2.32. The molecule has 2 N–H and O–H groups in total. The molecule has 0 spiro atoms. The fourth-order valence-electron chi connectivity index (χ4n) is 3.76. The van der Waals surface area contributed by atoms with E-state index in [2.05, 4.69) is 20.3 Å². The third kappa shape index (κ3) is 3.35. The molecule has 28 heavy (non-hydrogen) atoms. The standard InChI is InChI=1S/C21H23N5O2/c1-13-5-3-4-6-16(13)19(28)17-11-22-20-18(17)21(24-12-23-20)25-15-7-9-26(10-8-15)14(2)27/h3-6,11-12,15H,7-10H2,1-2H3,(H2,22,23,24,25). The predicted octanol–water partition coefficient (Wildman–Crippen LogP) is 2.92. The van der Waals surface area contributed by atoms with Crippen molar-refractivity contribution in [3.05, 3.63) is 53.5 Å². The third-order valence-electron chi connectivity index (χ3n) is 5.39. The summed E-state index contributed by atoms with van der Waals surface area (Å²) < 4.78 is 0. The van der Waals surface area contributed by atoms with Crippen LogP contribution in [-0.4, -0.2) is 50.7 Å². The Morgan fingerprint density at radius 3 is 2.61 bits per heavy atom. The molecule has 1 aliphatic rings. The lowest BCUT2D eigenvalue weighted by molar-refractivity contribution is -0.129. The number of carbonyl (C=O) groups excluding carboxylic acids is 2. The summed E-state index contributed by atoms with van der Waals surface area (Å²) in [6, 6.07) is 7.76. The van der Waals surface area contributed by atoms with Gasteiger partial charge in [0.25, 0.3) is 0 Å². The second-order valence-corrected chi connectivity index (χ2v) is 7.22. The summed E-state index contributed by atoms with van der Waals surface area (Å²) in [5.41, 5.74) is 2.81. The van der Waals surface area contributed by atoms with Gasteiger partial charge in [-0.25, -0.2) is 9.97 Å². The molecule has 1 aliphatic heterocycles. The van der Waals surface area contributed by atoms with E-state index in [-0.39, 0.29) is 17.7 Å². The van der Waals surface area contributed by atoms with Gasteiger partial charge in [0, 0.05) is 37.8 Å².